The van der Waals surface area contributed by atoms with Crippen LogP contribution in [0.15, 0.2) is 11.6 Å². The molecule has 150 valence electrons. The number of hydrogen-bond acceptors (Lipinski definition) is 4. The Labute approximate surface area is 162 Å². The summed E-state index contributed by atoms with van der Waals surface area (Å²) in [5.74, 6) is 1.31. The number of hydrogen-bond donors (Lipinski definition) is 1. The van der Waals surface area contributed by atoms with E-state index in [1.54, 1.807) is 12.5 Å². The second-order valence-electron chi connectivity index (χ2n) is 10.5. The molecule has 4 nitrogen and oxygen atoms in total. The monoisotopic (exact) mass is 374 g/mol. The van der Waals surface area contributed by atoms with Crippen molar-refractivity contribution in [2.45, 2.75) is 83.5 Å². The van der Waals surface area contributed by atoms with Crippen molar-refractivity contribution in [3.8, 4) is 0 Å². The lowest BCUT2D eigenvalue weighted by molar-refractivity contribution is -0.188. The number of ether oxygens (including phenoxy) is 2. The maximum atomic E-state index is 12.3. The standard InChI is InChI=1S/C23H34O4/c1-15(24)23(25)9-7-19-17-5-4-16-14-22(26-12-13-27-22)11-10-20(16,2)18(17)6-8-21(19,23)3/h4,17-19,25H,5-14H2,1-3H3/t17-,18-,19-,20-,21-,23-/m0/s1. The Morgan fingerprint density at radius 1 is 1.07 bits per heavy atom. The van der Waals surface area contributed by atoms with E-state index >= 15 is 0 Å². The maximum Gasteiger partial charge on any atom is 0.172 e. The molecule has 27 heavy (non-hydrogen) atoms. The molecular weight excluding hydrogens is 340 g/mol. The van der Waals surface area contributed by atoms with Gasteiger partial charge < -0.3 is 14.6 Å². The van der Waals surface area contributed by atoms with Crippen molar-refractivity contribution in [3.05, 3.63) is 11.6 Å². The highest BCUT2D eigenvalue weighted by Crippen LogP contribution is 2.68. The van der Waals surface area contributed by atoms with Gasteiger partial charge in [0.05, 0.1) is 13.2 Å². The molecule has 4 heteroatoms. The molecule has 4 aliphatic carbocycles. The maximum absolute atomic E-state index is 12.3. The van der Waals surface area contributed by atoms with Gasteiger partial charge in [0.2, 0.25) is 0 Å². The van der Waals surface area contributed by atoms with Gasteiger partial charge in [-0.15, -0.1) is 0 Å². The lowest BCUT2D eigenvalue weighted by Gasteiger charge is -2.59. The average molecular weight is 375 g/mol. The van der Waals surface area contributed by atoms with Crippen molar-refractivity contribution < 1.29 is 19.4 Å². The van der Waals surface area contributed by atoms with Crippen LogP contribution in [-0.4, -0.2) is 35.5 Å². The fraction of sp³-hybridized carbons (Fsp3) is 0.870. The largest absolute Gasteiger partial charge is 0.382 e. The predicted molar refractivity (Wildman–Crippen MR) is 102 cm³/mol. The van der Waals surface area contributed by atoms with E-state index in [9.17, 15) is 9.90 Å². The van der Waals surface area contributed by atoms with Gasteiger partial charge in [0.15, 0.2) is 11.6 Å². The summed E-state index contributed by atoms with van der Waals surface area (Å²) in [6.07, 6.45) is 10.3. The molecule has 0 unspecified atom stereocenters. The lowest BCUT2D eigenvalue weighted by atomic mass is 9.46. The van der Waals surface area contributed by atoms with Gasteiger partial charge in [-0.1, -0.05) is 25.5 Å². The van der Waals surface area contributed by atoms with Gasteiger partial charge >= 0.3 is 0 Å². The molecule has 0 aromatic carbocycles. The number of rotatable bonds is 1. The van der Waals surface area contributed by atoms with Crippen LogP contribution in [0.3, 0.4) is 0 Å². The third-order valence-corrected chi connectivity index (χ3v) is 9.66. The zero-order valence-corrected chi connectivity index (χ0v) is 17.1. The Balaban J connectivity index is 1.46. The van der Waals surface area contributed by atoms with Gasteiger partial charge in [-0.05, 0) is 68.6 Å². The average Bonchev–Trinajstić information content (AvgIpc) is 3.19. The van der Waals surface area contributed by atoms with Crippen molar-refractivity contribution in [2.75, 3.05) is 13.2 Å². The molecule has 1 heterocycles. The summed E-state index contributed by atoms with van der Waals surface area (Å²) >= 11 is 0. The number of ketones is 1. The Bertz CT molecular complexity index is 692. The first-order valence-corrected chi connectivity index (χ1v) is 11.0. The molecule has 1 N–H and O–H groups in total. The highest BCUT2D eigenvalue weighted by molar-refractivity contribution is 5.86. The first-order valence-electron chi connectivity index (χ1n) is 11.0. The van der Waals surface area contributed by atoms with E-state index in [2.05, 4.69) is 19.9 Å². The molecule has 1 aliphatic heterocycles. The van der Waals surface area contributed by atoms with E-state index in [0.29, 0.717) is 24.2 Å². The summed E-state index contributed by atoms with van der Waals surface area (Å²) in [7, 11) is 0. The quantitative estimate of drug-likeness (QED) is 0.705. The number of Topliss-reactive ketones (excluding diaryl/α,β-unsaturated/α-hetero) is 1. The van der Waals surface area contributed by atoms with Crippen LogP contribution in [0.4, 0.5) is 0 Å². The second-order valence-corrected chi connectivity index (χ2v) is 10.5. The van der Waals surface area contributed by atoms with Crippen LogP contribution in [0.1, 0.15) is 72.1 Å². The first kappa shape index (κ1) is 18.3. The molecular formula is C23H34O4. The SMILES string of the molecule is CC(=O)[C@@]1(O)CC[C@H]2[C@H]3CC=C4CC5(CC[C@]4(C)[C@H]3CC[C@@]21C)OCCO5. The smallest absolute Gasteiger partial charge is 0.172 e. The van der Waals surface area contributed by atoms with E-state index < -0.39 is 5.60 Å². The van der Waals surface area contributed by atoms with Crippen molar-refractivity contribution in [3.63, 3.8) is 0 Å². The molecule has 0 amide bonds. The topological polar surface area (TPSA) is 55.8 Å². The summed E-state index contributed by atoms with van der Waals surface area (Å²) in [6, 6.07) is 0. The number of fused-ring (bicyclic) bond motifs is 5. The third kappa shape index (κ3) is 2.24. The van der Waals surface area contributed by atoms with Crippen LogP contribution >= 0.6 is 0 Å². The number of carbonyl (C=O) groups excluding carboxylic acids is 1. The van der Waals surface area contributed by atoms with E-state index in [-0.39, 0.29) is 22.4 Å². The molecule has 0 aromatic rings. The van der Waals surface area contributed by atoms with Crippen LogP contribution in [0, 0.1) is 28.6 Å². The van der Waals surface area contributed by atoms with Crippen LogP contribution in [0.2, 0.25) is 0 Å². The molecule has 5 rings (SSSR count). The van der Waals surface area contributed by atoms with Gasteiger partial charge in [0.25, 0.3) is 0 Å². The number of allylic oxidation sites excluding steroid dienone is 1. The lowest BCUT2D eigenvalue weighted by Crippen LogP contribution is -2.57. The van der Waals surface area contributed by atoms with Crippen molar-refractivity contribution in [1.82, 2.24) is 0 Å². The fourth-order valence-electron chi connectivity index (χ4n) is 7.94. The van der Waals surface area contributed by atoms with Crippen LogP contribution in [0.25, 0.3) is 0 Å². The van der Waals surface area contributed by atoms with E-state index in [1.807, 2.05) is 0 Å². The first-order chi connectivity index (χ1) is 12.7. The summed E-state index contributed by atoms with van der Waals surface area (Å²) in [5.41, 5.74) is 0.396. The molecule has 1 spiro atoms. The van der Waals surface area contributed by atoms with Crippen LogP contribution in [0.5, 0.6) is 0 Å². The highest BCUT2D eigenvalue weighted by atomic mass is 16.7. The molecule has 4 fully saturated rings. The van der Waals surface area contributed by atoms with Crippen LogP contribution < -0.4 is 0 Å². The minimum Gasteiger partial charge on any atom is -0.382 e. The Morgan fingerprint density at radius 2 is 1.78 bits per heavy atom. The summed E-state index contributed by atoms with van der Waals surface area (Å²) in [6.45, 7) is 7.69. The van der Waals surface area contributed by atoms with Gasteiger partial charge in [0.1, 0.15) is 5.60 Å². The molecule has 6 atom stereocenters. The third-order valence-electron chi connectivity index (χ3n) is 9.66. The Morgan fingerprint density at radius 3 is 2.48 bits per heavy atom. The number of carbonyl (C=O) groups is 1. The zero-order valence-electron chi connectivity index (χ0n) is 17.1. The van der Waals surface area contributed by atoms with Crippen molar-refractivity contribution in [2.24, 2.45) is 28.6 Å². The van der Waals surface area contributed by atoms with Gasteiger partial charge in [-0.3, -0.25) is 4.79 Å². The van der Waals surface area contributed by atoms with E-state index in [0.717, 1.165) is 58.2 Å². The van der Waals surface area contributed by atoms with E-state index in [1.165, 1.54) is 0 Å². The highest BCUT2D eigenvalue weighted by Gasteiger charge is 2.65. The summed E-state index contributed by atoms with van der Waals surface area (Å²) in [5, 5.41) is 11.3. The molecule has 0 radical (unpaired) electrons. The molecule has 1 saturated heterocycles. The Kier molecular flexibility index (Phi) is 3.85. The zero-order chi connectivity index (χ0) is 19.1. The van der Waals surface area contributed by atoms with Gasteiger partial charge in [-0.2, -0.15) is 0 Å². The van der Waals surface area contributed by atoms with Crippen molar-refractivity contribution in [1.29, 1.82) is 0 Å². The fourth-order valence-corrected chi connectivity index (χ4v) is 7.94. The van der Waals surface area contributed by atoms with Gasteiger partial charge in [0, 0.05) is 18.3 Å². The number of aliphatic hydroxyl groups is 1. The molecule has 5 aliphatic rings. The molecule has 3 saturated carbocycles. The molecule has 0 aromatic heterocycles. The minimum atomic E-state index is -1.12. The van der Waals surface area contributed by atoms with E-state index in [4.69, 9.17) is 9.47 Å². The summed E-state index contributed by atoms with van der Waals surface area (Å²) in [4.78, 5) is 12.3. The second kappa shape index (κ2) is 5.67. The van der Waals surface area contributed by atoms with Crippen molar-refractivity contribution >= 4 is 5.78 Å². The van der Waals surface area contributed by atoms with Crippen LogP contribution in [-0.2, 0) is 14.3 Å². The van der Waals surface area contributed by atoms with Gasteiger partial charge in [-0.25, -0.2) is 0 Å². The Hall–Kier alpha value is -0.710. The molecule has 0 bridgehead atoms. The normalized spacial score (nSPS) is 50.7. The minimum absolute atomic E-state index is 0.0284. The predicted octanol–water partition coefficient (Wildman–Crippen LogP) is 4.01. The summed E-state index contributed by atoms with van der Waals surface area (Å²) < 4.78 is 12.0.